The number of allylic oxidation sites excluding steroid dienone is 2. The van der Waals surface area contributed by atoms with E-state index in [9.17, 15) is 4.79 Å². The summed E-state index contributed by atoms with van der Waals surface area (Å²) in [7, 11) is 0. The zero-order chi connectivity index (χ0) is 20.1. The third-order valence-electron chi connectivity index (χ3n) is 9.94. The van der Waals surface area contributed by atoms with Crippen molar-refractivity contribution in [2.75, 3.05) is 0 Å². The highest BCUT2D eigenvalue weighted by molar-refractivity contribution is 5.97. The highest BCUT2D eigenvalue weighted by Crippen LogP contribution is 2.66. The maximum Gasteiger partial charge on any atom is 0.159 e. The molecule has 0 aromatic rings. The smallest absolute Gasteiger partial charge is 0.159 e. The lowest BCUT2D eigenvalue weighted by Gasteiger charge is -2.59. The average molecular weight is 385 g/mol. The Labute approximate surface area is 174 Å². The minimum absolute atomic E-state index is 0.160. The Balaban J connectivity index is 1.53. The molecule has 0 spiro atoms. The van der Waals surface area contributed by atoms with Crippen molar-refractivity contribution in [1.82, 2.24) is 0 Å². The molecule has 158 valence electrons. The van der Waals surface area contributed by atoms with Crippen molar-refractivity contribution >= 4 is 5.78 Å². The van der Waals surface area contributed by atoms with E-state index < -0.39 is 0 Å². The lowest BCUT2D eigenvalue weighted by atomic mass is 9.45. The highest BCUT2D eigenvalue weighted by Gasteiger charge is 2.59. The fraction of sp³-hybridized carbons (Fsp3) is 0.889. The quantitative estimate of drug-likeness (QED) is 0.477. The lowest BCUT2D eigenvalue weighted by molar-refractivity contribution is -0.123. The molecule has 0 N–H and O–H groups in total. The molecular formula is C27H44O. The Kier molecular flexibility index (Phi) is 5.60. The first-order valence-corrected chi connectivity index (χ1v) is 12.5. The molecule has 0 aliphatic heterocycles. The van der Waals surface area contributed by atoms with Crippen LogP contribution in [0.25, 0.3) is 0 Å². The van der Waals surface area contributed by atoms with Crippen molar-refractivity contribution in [3.8, 4) is 0 Å². The molecule has 4 rings (SSSR count). The van der Waals surface area contributed by atoms with Crippen LogP contribution in [0.4, 0.5) is 0 Å². The molecule has 0 unspecified atom stereocenters. The second kappa shape index (κ2) is 7.59. The summed E-state index contributed by atoms with van der Waals surface area (Å²) in [6, 6.07) is 0. The van der Waals surface area contributed by atoms with Gasteiger partial charge in [-0.3, -0.25) is 4.79 Å². The van der Waals surface area contributed by atoms with Gasteiger partial charge in [0.1, 0.15) is 0 Å². The average Bonchev–Trinajstić information content (AvgIpc) is 2.91. The molecule has 0 radical (unpaired) electrons. The van der Waals surface area contributed by atoms with Crippen molar-refractivity contribution < 1.29 is 4.79 Å². The van der Waals surface area contributed by atoms with E-state index in [2.05, 4.69) is 40.7 Å². The molecule has 0 aromatic heterocycles. The predicted molar refractivity (Wildman–Crippen MR) is 118 cm³/mol. The SMILES string of the molecule is CC(C)CCC[C@@H](C)[C@H]1C(=O)C=C2[C@@H]3CC[C@H]4CCCC[C@]4(C)[C@H]3CC[C@@]21C. The van der Waals surface area contributed by atoms with Crippen LogP contribution < -0.4 is 0 Å². The molecule has 0 saturated heterocycles. The van der Waals surface area contributed by atoms with Gasteiger partial charge in [-0.2, -0.15) is 0 Å². The van der Waals surface area contributed by atoms with Gasteiger partial charge in [0.25, 0.3) is 0 Å². The highest BCUT2D eigenvalue weighted by atomic mass is 16.1. The molecule has 0 aromatic carbocycles. The van der Waals surface area contributed by atoms with Gasteiger partial charge >= 0.3 is 0 Å². The van der Waals surface area contributed by atoms with E-state index in [1.807, 2.05) is 0 Å². The molecule has 28 heavy (non-hydrogen) atoms. The number of hydrogen-bond acceptors (Lipinski definition) is 1. The van der Waals surface area contributed by atoms with Crippen LogP contribution in [0.3, 0.4) is 0 Å². The Morgan fingerprint density at radius 1 is 1.00 bits per heavy atom. The van der Waals surface area contributed by atoms with E-state index in [0.29, 0.717) is 23.0 Å². The van der Waals surface area contributed by atoms with Crippen molar-refractivity contribution in [2.45, 2.75) is 105 Å². The summed E-state index contributed by atoms with van der Waals surface area (Å²) >= 11 is 0. The topological polar surface area (TPSA) is 17.1 Å². The first-order valence-electron chi connectivity index (χ1n) is 12.5. The Morgan fingerprint density at radius 2 is 1.79 bits per heavy atom. The minimum Gasteiger partial charge on any atom is -0.295 e. The molecule has 3 saturated carbocycles. The number of carbonyl (C=O) groups excluding carboxylic acids is 1. The molecule has 4 aliphatic rings. The fourth-order valence-electron chi connectivity index (χ4n) is 8.45. The molecule has 7 atom stereocenters. The van der Waals surface area contributed by atoms with E-state index in [1.54, 1.807) is 5.57 Å². The van der Waals surface area contributed by atoms with E-state index in [-0.39, 0.29) is 11.3 Å². The summed E-state index contributed by atoms with van der Waals surface area (Å²) in [4.78, 5) is 13.2. The summed E-state index contributed by atoms with van der Waals surface area (Å²) in [6.45, 7) is 12.1. The first kappa shape index (κ1) is 20.7. The van der Waals surface area contributed by atoms with Crippen molar-refractivity contribution in [1.29, 1.82) is 0 Å². The lowest BCUT2D eigenvalue weighted by Crippen LogP contribution is -2.51. The van der Waals surface area contributed by atoms with Crippen molar-refractivity contribution in [3.63, 3.8) is 0 Å². The predicted octanol–water partition coefficient (Wildman–Crippen LogP) is 7.60. The largest absolute Gasteiger partial charge is 0.295 e. The van der Waals surface area contributed by atoms with Gasteiger partial charge in [-0.1, -0.05) is 65.9 Å². The van der Waals surface area contributed by atoms with Crippen LogP contribution in [0, 0.1) is 46.3 Å². The summed E-state index contributed by atoms with van der Waals surface area (Å²) in [5, 5.41) is 0. The third kappa shape index (κ3) is 3.24. The summed E-state index contributed by atoms with van der Waals surface area (Å²) in [5.41, 5.74) is 2.31. The molecular weight excluding hydrogens is 340 g/mol. The second-order valence-corrected chi connectivity index (χ2v) is 12.0. The van der Waals surface area contributed by atoms with Crippen LogP contribution in [0.1, 0.15) is 105 Å². The molecule has 1 nitrogen and oxygen atoms in total. The maximum atomic E-state index is 13.2. The second-order valence-electron chi connectivity index (χ2n) is 12.0. The number of fused-ring (bicyclic) bond motifs is 5. The number of rotatable bonds is 5. The third-order valence-corrected chi connectivity index (χ3v) is 9.94. The van der Waals surface area contributed by atoms with Crippen molar-refractivity contribution in [2.24, 2.45) is 46.3 Å². The van der Waals surface area contributed by atoms with Gasteiger partial charge in [-0.05, 0) is 91.4 Å². The number of carbonyl (C=O) groups is 1. The van der Waals surface area contributed by atoms with Crippen LogP contribution >= 0.6 is 0 Å². The molecule has 4 aliphatic carbocycles. The van der Waals surface area contributed by atoms with Crippen LogP contribution in [0.2, 0.25) is 0 Å². The first-order chi connectivity index (χ1) is 13.3. The molecule has 1 heteroatoms. The standard InChI is InChI=1S/C27H44O/c1-18(2)9-8-10-19(3)25-24(28)17-23-21-13-12-20-11-6-7-15-26(20,4)22(21)14-16-27(23,25)5/h17-22,25H,6-16H2,1-5H3/t19-,20-,21-,22+,25+,26+,27+/m1/s1. The Hall–Kier alpha value is -0.590. The summed E-state index contributed by atoms with van der Waals surface area (Å²) in [5.74, 6) is 4.54. The zero-order valence-electron chi connectivity index (χ0n) is 19.2. The Bertz CT molecular complexity index is 630. The van der Waals surface area contributed by atoms with Crippen LogP contribution in [0.15, 0.2) is 11.6 Å². The van der Waals surface area contributed by atoms with E-state index >= 15 is 0 Å². The van der Waals surface area contributed by atoms with E-state index in [4.69, 9.17) is 0 Å². The molecule has 0 bridgehead atoms. The van der Waals surface area contributed by atoms with Gasteiger partial charge in [-0.25, -0.2) is 0 Å². The molecule has 3 fully saturated rings. The minimum atomic E-state index is 0.160. The van der Waals surface area contributed by atoms with Gasteiger partial charge in [0.2, 0.25) is 0 Å². The van der Waals surface area contributed by atoms with Gasteiger partial charge in [0.15, 0.2) is 5.78 Å². The van der Waals surface area contributed by atoms with Gasteiger partial charge < -0.3 is 0 Å². The van der Waals surface area contributed by atoms with Gasteiger partial charge in [-0.15, -0.1) is 0 Å². The van der Waals surface area contributed by atoms with Gasteiger partial charge in [0, 0.05) is 5.92 Å². The maximum absolute atomic E-state index is 13.2. The van der Waals surface area contributed by atoms with Crippen LogP contribution in [-0.2, 0) is 4.79 Å². The number of hydrogen-bond donors (Lipinski definition) is 0. The van der Waals surface area contributed by atoms with Crippen molar-refractivity contribution in [3.05, 3.63) is 11.6 Å². The van der Waals surface area contributed by atoms with E-state index in [0.717, 1.165) is 17.8 Å². The monoisotopic (exact) mass is 384 g/mol. The van der Waals surface area contributed by atoms with Gasteiger partial charge in [0.05, 0.1) is 0 Å². The van der Waals surface area contributed by atoms with Crippen LogP contribution in [-0.4, -0.2) is 5.78 Å². The molecule has 0 amide bonds. The summed E-state index contributed by atoms with van der Waals surface area (Å²) < 4.78 is 0. The fourth-order valence-corrected chi connectivity index (χ4v) is 8.45. The van der Waals surface area contributed by atoms with E-state index in [1.165, 1.54) is 70.6 Å². The summed E-state index contributed by atoms with van der Waals surface area (Å²) in [6.07, 6.45) is 17.1. The number of ketones is 1. The van der Waals surface area contributed by atoms with Crippen LogP contribution in [0.5, 0.6) is 0 Å². The normalized spacial score (nSPS) is 43.9. The Morgan fingerprint density at radius 3 is 2.54 bits per heavy atom. The zero-order valence-corrected chi connectivity index (χ0v) is 19.2. The molecule has 0 heterocycles.